The second-order valence-corrected chi connectivity index (χ2v) is 3.83. The van der Waals surface area contributed by atoms with Gasteiger partial charge in [0.05, 0.1) is 0 Å². The Morgan fingerprint density at radius 2 is 2.36 bits per heavy atom. The van der Waals surface area contributed by atoms with Gasteiger partial charge in [-0.1, -0.05) is 26.0 Å². The molecule has 1 aliphatic rings. The predicted octanol–water partition coefficient (Wildman–Crippen LogP) is 1.49. The summed E-state index contributed by atoms with van der Waals surface area (Å²) in [5.74, 6) is 1.41. The van der Waals surface area contributed by atoms with E-state index in [-0.39, 0.29) is 0 Å². The Morgan fingerprint density at radius 3 is 2.93 bits per heavy atom. The van der Waals surface area contributed by atoms with Gasteiger partial charge in [-0.3, -0.25) is 0 Å². The van der Waals surface area contributed by atoms with Crippen molar-refractivity contribution in [2.24, 2.45) is 28.6 Å². The molecule has 0 saturated carbocycles. The van der Waals surface area contributed by atoms with E-state index in [1.165, 1.54) is 0 Å². The largest absolute Gasteiger partial charge is 0.350 e. The Balaban J connectivity index is 2.53. The summed E-state index contributed by atoms with van der Waals surface area (Å²) in [6, 6.07) is -0.618. The molecule has 1 rings (SSSR count). The first-order valence-electron chi connectivity index (χ1n) is 4.86. The van der Waals surface area contributed by atoms with Crippen LogP contribution in [-0.2, 0) is 0 Å². The van der Waals surface area contributed by atoms with Crippen LogP contribution in [-0.4, -0.2) is 12.2 Å². The highest BCUT2D eigenvalue weighted by Gasteiger charge is 2.22. The second kappa shape index (κ2) is 4.79. The minimum atomic E-state index is -0.618. The molecule has 0 aromatic rings. The maximum Gasteiger partial charge on any atom is 0.332 e. The maximum atomic E-state index is 10.4. The van der Waals surface area contributed by atoms with Crippen LogP contribution in [0.4, 0.5) is 4.79 Å². The van der Waals surface area contributed by atoms with E-state index in [0.29, 0.717) is 17.8 Å². The maximum absolute atomic E-state index is 10.4. The molecule has 4 heteroatoms. The van der Waals surface area contributed by atoms with E-state index in [0.717, 1.165) is 6.42 Å². The van der Waals surface area contributed by atoms with Crippen molar-refractivity contribution in [3.8, 4) is 0 Å². The van der Waals surface area contributed by atoms with Gasteiger partial charge in [0.25, 0.3) is 0 Å². The number of hydrogen-bond acceptors (Lipinski definition) is 2. The van der Waals surface area contributed by atoms with Crippen LogP contribution in [0.5, 0.6) is 0 Å². The van der Waals surface area contributed by atoms with Crippen molar-refractivity contribution in [3.63, 3.8) is 0 Å². The number of nitrogens with zero attached hydrogens (tertiary/aromatic N) is 1. The fourth-order valence-electron chi connectivity index (χ4n) is 1.78. The molecule has 0 aliphatic heterocycles. The lowest BCUT2D eigenvalue weighted by Gasteiger charge is -2.27. The van der Waals surface area contributed by atoms with E-state index < -0.39 is 6.03 Å². The van der Waals surface area contributed by atoms with E-state index >= 15 is 0 Å². The smallest absolute Gasteiger partial charge is 0.332 e. The fraction of sp³-hybridized carbons (Fsp3) is 0.600. The van der Waals surface area contributed by atoms with Gasteiger partial charge < -0.3 is 5.73 Å². The number of carbonyl (C=O) groups excluding carboxylic acids is 1. The Kier molecular flexibility index (Phi) is 3.68. The van der Waals surface area contributed by atoms with Crippen LogP contribution < -0.4 is 11.2 Å². The SMILES string of the molecule is C[C@@H]1CC=C[C@H](C)[C@H]1/C=N/NC(N)=O. The standard InChI is InChI=1S/C10H17N3O/c1-7-4-3-5-8(2)9(7)6-12-13-10(11)14/h3-4,6-9H,5H2,1-2H3,(H3,11,13,14)/b12-6+/t7-,8+,9+/m0/s1. The molecule has 2 amide bonds. The van der Waals surface area contributed by atoms with Gasteiger partial charge in [-0.25, -0.2) is 10.2 Å². The van der Waals surface area contributed by atoms with E-state index in [1.54, 1.807) is 6.21 Å². The van der Waals surface area contributed by atoms with Crippen molar-refractivity contribution in [1.29, 1.82) is 0 Å². The third-order valence-corrected chi connectivity index (χ3v) is 2.63. The Bertz CT molecular complexity index is 260. The topological polar surface area (TPSA) is 67.5 Å². The summed E-state index contributed by atoms with van der Waals surface area (Å²) in [6.07, 6.45) is 7.23. The monoisotopic (exact) mass is 195 g/mol. The average Bonchev–Trinajstić information content (AvgIpc) is 2.09. The van der Waals surface area contributed by atoms with Crippen molar-refractivity contribution in [1.82, 2.24) is 5.43 Å². The first-order valence-corrected chi connectivity index (χ1v) is 4.86. The third kappa shape index (κ3) is 2.87. The van der Waals surface area contributed by atoms with E-state index in [4.69, 9.17) is 5.73 Å². The molecule has 78 valence electrons. The molecule has 0 heterocycles. The molecule has 0 aromatic carbocycles. The van der Waals surface area contributed by atoms with Crippen molar-refractivity contribution in [3.05, 3.63) is 12.2 Å². The molecule has 1 aliphatic carbocycles. The number of carbonyl (C=O) groups is 1. The van der Waals surface area contributed by atoms with Crippen LogP contribution in [0.3, 0.4) is 0 Å². The zero-order valence-electron chi connectivity index (χ0n) is 8.60. The molecule has 0 radical (unpaired) electrons. The summed E-state index contributed by atoms with van der Waals surface area (Å²) < 4.78 is 0. The molecule has 0 saturated heterocycles. The number of hydrogen-bond donors (Lipinski definition) is 2. The molecule has 0 bridgehead atoms. The van der Waals surface area contributed by atoms with Gasteiger partial charge in [0.15, 0.2) is 0 Å². The van der Waals surface area contributed by atoms with E-state index in [1.807, 2.05) is 0 Å². The van der Waals surface area contributed by atoms with Crippen LogP contribution in [0.2, 0.25) is 0 Å². The molecule has 3 atom stereocenters. The fourth-order valence-corrected chi connectivity index (χ4v) is 1.78. The molecule has 3 N–H and O–H groups in total. The number of hydrazone groups is 1. The zero-order chi connectivity index (χ0) is 10.6. The average molecular weight is 195 g/mol. The highest BCUT2D eigenvalue weighted by atomic mass is 16.2. The van der Waals surface area contributed by atoms with E-state index in [2.05, 4.69) is 36.5 Å². The quantitative estimate of drug-likeness (QED) is 0.391. The molecule has 0 unspecified atom stereocenters. The van der Waals surface area contributed by atoms with Crippen LogP contribution in [0, 0.1) is 17.8 Å². The van der Waals surface area contributed by atoms with Crippen LogP contribution in [0.25, 0.3) is 0 Å². The molecule has 4 nitrogen and oxygen atoms in total. The number of primary amides is 1. The minimum absolute atomic E-state index is 0.381. The molecule has 14 heavy (non-hydrogen) atoms. The van der Waals surface area contributed by atoms with Crippen molar-refractivity contribution in [2.45, 2.75) is 20.3 Å². The molecule has 0 aromatic heterocycles. The number of amides is 2. The highest BCUT2D eigenvalue weighted by molar-refractivity contribution is 5.73. The molecular formula is C10H17N3O. The van der Waals surface area contributed by atoms with Crippen molar-refractivity contribution >= 4 is 12.2 Å². The number of urea groups is 1. The number of allylic oxidation sites excluding steroid dienone is 2. The lowest BCUT2D eigenvalue weighted by atomic mass is 9.78. The summed E-state index contributed by atoms with van der Waals surface area (Å²) in [5.41, 5.74) is 7.12. The van der Waals surface area contributed by atoms with Crippen LogP contribution in [0.1, 0.15) is 20.3 Å². The summed E-state index contributed by atoms with van der Waals surface area (Å²) in [6.45, 7) is 4.33. The molecule has 0 fully saturated rings. The Labute approximate surface area is 84.2 Å². The first kappa shape index (κ1) is 10.8. The van der Waals surface area contributed by atoms with Gasteiger partial charge in [0.2, 0.25) is 0 Å². The zero-order valence-corrected chi connectivity index (χ0v) is 8.60. The molecule has 0 spiro atoms. The van der Waals surface area contributed by atoms with Gasteiger partial charge in [-0.05, 0) is 18.3 Å². The predicted molar refractivity (Wildman–Crippen MR) is 56.8 cm³/mol. The number of nitrogens with one attached hydrogen (secondary N) is 1. The van der Waals surface area contributed by atoms with Crippen LogP contribution in [0.15, 0.2) is 17.3 Å². The van der Waals surface area contributed by atoms with Gasteiger partial charge in [0.1, 0.15) is 0 Å². The highest BCUT2D eigenvalue weighted by Crippen LogP contribution is 2.28. The number of nitrogens with two attached hydrogens (primary N) is 1. The number of rotatable bonds is 2. The lowest BCUT2D eigenvalue weighted by Crippen LogP contribution is -2.27. The summed E-state index contributed by atoms with van der Waals surface area (Å²) >= 11 is 0. The minimum Gasteiger partial charge on any atom is -0.350 e. The summed E-state index contributed by atoms with van der Waals surface area (Å²) in [5, 5.41) is 3.81. The lowest BCUT2D eigenvalue weighted by molar-refractivity contribution is 0.249. The summed E-state index contributed by atoms with van der Waals surface area (Å²) in [4.78, 5) is 10.4. The summed E-state index contributed by atoms with van der Waals surface area (Å²) in [7, 11) is 0. The van der Waals surface area contributed by atoms with Crippen molar-refractivity contribution in [2.75, 3.05) is 0 Å². The molecular weight excluding hydrogens is 178 g/mol. The van der Waals surface area contributed by atoms with Crippen molar-refractivity contribution < 1.29 is 4.79 Å². The van der Waals surface area contributed by atoms with Gasteiger partial charge in [-0.15, -0.1) is 0 Å². The Hall–Kier alpha value is -1.32. The normalized spacial score (nSPS) is 32.0. The Morgan fingerprint density at radius 1 is 1.64 bits per heavy atom. The van der Waals surface area contributed by atoms with E-state index in [9.17, 15) is 4.79 Å². The second-order valence-electron chi connectivity index (χ2n) is 3.83. The van der Waals surface area contributed by atoms with Gasteiger partial charge in [0, 0.05) is 12.1 Å². The van der Waals surface area contributed by atoms with Gasteiger partial charge >= 0.3 is 6.03 Å². The third-order valence-electron chi connectivity index (χ3n) is 2.63. The van der Waals surface area contributed by atoms with Crippen LogP contribution >= 0.6 is 0 Å². The first-order chi connectivity index (χ1) is 6.61. The van der Waals surface area contributed by atoms with Gasteiger partial charge in [-0.2, -0.15) is 5.10 Å².